The number of hydrogen-bond acceptors (Lipinski definition) is 3. The second-order valence-corrected chi connectivity index (χ2v) is 4.50. The number of fused-ring (bicyclic) bond motifs is 1. The highest BCUT2D eigenvalue weighted by Gasteiger charge is 2.26. The summed E-state index contributed by atoms with van der Waals surface area (Å²) in [5, 5.41) is 7.28. The lowest BCUT2D eigenvalue weighted by Gasteiger charge is -2.24. The zero-order chi connectivity index (χ0) is 12.4. The highest BCUT2D eigenvalue weighted by atomic mass is 16.5. The fourth-order valence-electron chi connectivity index (χ4n) is 2.25. The number of amides is 1. The monoisotopic (exact) mass is 237 g/mol. The fourth-order valence-corrected chi connectivity index (χ4v) is 2.25. The van der Waals surface area contributed by atoms with E-state index in [1.54, 1.807) is 14.0 Å². The summed E-state index contributed by atoms with van der Waals surface area (Å²) in [6.07, 6.45) is 4.55. The molecule has 1 aromatic rings. The van der Waals surface area contributed by atoms with Gasteiger partial charge in [-0.15, -0.1) is 0 Å². The van der Waals surface area contributed by atoms with Crippen molar-refractivity contribution in [2.24, 2.45) is 7.05 Å². The SMILES string of the molecule is COC(C)C(=O)NC1CCCc2c1cnn2C. The third-order valence-electron chi connectivity index (χ3n) is 3.41. The summed E-state index contributed by atoms with van der Waals surface area (Å²) in [6.45, 7) is 1.75. The van der Waals surface area contributed by atoms with Crippen LogP contribution in [0.25, 0.3) is 0 Å². The van der Waals surface area contributed by atoms with Crippen LogP contribution in [0.1, 0.15) is 37.1 Å². The Labute approximate surface area is 101 Å². The van der Waals surface area contributed by atoms with Crippen LogP contribution in [-0.4, -0.2) is 28.9 Å². The molecule has 0 saturated heterocycles. The second-order valence-electron chi connectivity index (χ2n) is 4.50. The Morgan fingerprint density at radius 1 is 1.71 bits per heavy atom. The topological polar surface area (TPSA) is 56.1 Å². The summed E-state index contributed by atoms with van der Waals surface area (Å²) in [6, 6.07) is 0.0811. The molecular formula is C12H19N3O2. The Balaban J connectivity index is 2.11. The van der Waals surface area contributed by atoms with Crippen molar-refractivity contribution < 1.29 is 9.53 Å². The Morgan fingerprint density at radius 2 is 2.47 bits per heavy atom. The maximum atomic E-state index is 11.8. The molecule has 1 aliphatic rings. The molecule has 2 unspecified atom stereocenters. The van der Waals surface area contributed by atoms with Crippen LogP contribution in [0.5, 0.6) is 0 Å². The summed E-state index contributed by atoms with van der Waals surface area (Å²) < 4.78 is 6.91. The second kappa shape index (κ2) is 4.87. The molecule has 0 bridgehead atoms. The third kappa shape index (κ3) is 2.34. The molecule has 0 aromatic carbocycles. The van der Waals surface area contributed by atoms with Gasteiger partial charge in [-0.3, -0.25) is 9.48 Å². The molecule has 2 rings (SSSR count). The molecule has 0 saturated carbocycles. The molecule has 1 aliphatic carbocycles. The van der Waals surface area contributed by atoms with Gasteiger partial charge in [-0.1, -0.05) is 0 Å². The molecule has 17 heavy (non-hydrogen) atoms. The number of methoxy groups -OCH3 is 1. The molecule has 1 N–H and O–H groups in total. The zero-order valence-corrected chi connectivity index (χ0v) is 10.6. The standard InChI is InChI=1S/C12H19N3O2/c1-8(17-3)12(16)14-10-5-4-6-11-9(10)7-13-15(11)2/h7-8,10H,4-6H2,1-3H3,(H,14,16). The van der Waals surface area contributed by atoms with Crippen molar-refractivity contribution in [3.63, 3.8) is 0 Å². The van der Waals surface area contributed by atoms with Gasteiger partial charge in [0.15, 0.2) is 0 Å². The molecule has 0 radical (unpaired) electrons. The molecule has 1 aromatic heterocycles. The van der Waals surface area contributed by atoms with Crippen LogP contribution in [-0.2, 0) is 23.0 Å². The first kappa shape index (κ1) is 12.1. The van der Waals surface area contributed by atoms with E-state index in [1.807, 2.05) is 17.9 Å². The molecule has 94 valence electrons. The normalized spacial score (nSPS) is 20.8. The Hall–Kier alpha value is -1.36. The summed E-state index contributed by atoms with van der Waals surface area (Å²) in [5.74, 6) is -0.0609. The highest BCUT2D eigenvalue weighted by Crippen LogP contribution is 2.29. The number of carbonyl (C=O) groups excluding carboxylic acids is 1. The Bertz CT molecular complexity index is 414. The average molecular weight is 237 g/mol. The molecular weight excluding hydrogens is 218 g/mol. The van der Waals surface area contributed by atoms with Crippen LogP contribution in [0.3, 0.4) is 0 Å². The first-order valence-corrected chi connectivity index (χ1v) is 5.97. The Kier molecular flexibility index (Phi) is 3.47. The van der Waals surface area contributed by atoms with Crippen LogP contribution in [0, 0.1) is 0 Å². The van der Waals surface area contributed by atoms with E-state index in [4.69, 9.17) is 4.74 Å². The van der Waals surface area contributed by atoms with E-state index < -0.39 is 6.10 Å². The minimum Gasteiger partial charge on any atom is -0.372 e. The largest absolute Gasteiger partial charge is 0.372 e. The van der Waals surface area contributed by atoms with Crippen LogP contribution >= 0.6 is 0 Å². The van der Waals surface area contributed by atoms with Crippen molar-refractivity contribution in [2.75, 3.05) is 7.11 Å². The van der Waals surface area contributed by atoms with E-state index in [0.29, 0.717) is 0 Å². The van der Waals surface area contributed by atoms with E-state index in [-0.39, 0.29) is 11.9 Å². The highest BCUT2D eigenvalue weighted by molar-refractivity contribution is 5.80. The van der Waals surface area contributed by atoms with Crippen molar-refractivity contribution in [1.29, 1.82) is 0 Å². The minimum absolute atomic E-state index is 0.0609. The van der Waals surface area contributed by atoms with Crippen LogP contribution in [0.15, 0.2) is 6.20 Å². The van der Waals surface area contributed by atoms with Crippen LogP contribution in [0.2, 0.25) is 0 Å². The molecule has 1 heterocycles. The summed E-state index contributed by atoms with van der Waals surface area (Å²) in [4.78, 5) is 11.8. The molecule has 5 nitrogen and oxygen atoms in total. The van der Waals surface area contributed by atoms with Gasteiger partial charge in [-0.2, -0.15) is 5.10 Å². The van der Waals surface area contributed by atoms with Crippen LogP contribution in [0.4, 0.5) is 0 Å². The summed E-state index contributed by atoms with van der Waals surface area (Å²) >= 11 is 0. The number of carbonyl (C=O) groups is 1. The van der Waals surface area contributed by atoms with Gasteiger partial charge in [-0.25, -0.2) is 0 Å². The lowest BCUT2D eigenvalue weighted by atomic mass is 9.93. The molecule has 0 aliphatic heterocycles. The predicted octanol–water partition coefficient (Wildman–Crippen LogP) is 0.949. The van der Waals surface area contributed by atoms with Gasteiger partial charge in [0, 0.05) is 25.4 Å². The first-order valence-electron chi connectivity index (χ1n) is 5.97. The van der Waals surface area contributed by atoms with E-state index in [2.05, 4.69) is 10.4 Å². The number of ether oxygens (including phenoxy) is 1. The van der Waals surface area contributed by atoms with Crippen LogP contribution < -0.4 is 5.32 Å². The van der Waals surface area contributed by atoms with Gasteiger partial charge in [0.25, 0.3) is 0 Å². The Morgan fingerprint density at radius 3 is 3.18 bits per heavy atom. The minimum atomic E-state index is -0.406. The van der Waals surface area contributed by atoms with Gasteiger partial charge in [-0.05, 0) is 26.2 Å². The maximum Gasteiger partial charge on any atom is 0.249 e. The quantitative estimate of drug-likeness (QED) is 0.851. The molecule has 5 heteroatoms. The van der Waals surface area contributed by atoms with Gasteiger partial charge in [0.1, 0.15) is 6.10 Å². The lowest BCUT2D eigenvalue weighted by molar-refractivity contribution is -0.130. The zero-order valence-electron chi connectivity index (χ0n) is 10.6. The van der Waals surface area contributed by atoms with Gasteiger partial charge < -0.3 is 10.1 Å². The number of nitrogens with zero attached hydrogens (tertiary/aromatic N) is 2. The molecule has 0 spiro atoms. The number of aryl methyl sites for hydroxylation is 1. The van der Waals surface area contributed by atoms with E-state index in [1.165, 1.54) is 5.69 Å². The van der Waals surface area contributed by atoms with Crippen molar-refractivity contribution in [3.8, 4) is 0 Å². The average Bonchev–Trinajstić information content (AvgIpc) is 2.71. The van der Waals surface area contributed by atoms with Crippen molar-refractivity contribution in [1.82, 2.24) is 15.1 Å². The summed E-state index contributed by atoms with van der Waals surface area (Å²) in [7, 11) is 3.49. The predicted molar refractivity (Wildman–Crippen MR) is 63.5 cm³/mol. The van der Waals surface area contributed by atoms with Crippen molar-refractivity contribution >= 4 is 5.91 Å². The number of nitrogens with one attached hydrogen (secondary N) is 1. The van der Waals surface area contributed by atoms with E-state index in [0.717, 1.165) is 24.8 Å². The maximum absolute atomic E-state index is 11.8. The van der Waals surface area contributed by atoms with Gasteiger partial charge >= 0.3 is 0 Å². The van der Waals surface area contributed by atoms with E-state index in [9.17, 15) is 4.79 Å². The molecule has 1 amide bonds. The number of rotatable bonds is 3. The first-order chi connectivity index (χ1) is 8.13. The number of hydrogen-bond donors (Lipinski definition) is 1. The lowest BCUT2D eigenvalue weighted by Crippen LogP contribution is -2.37. The smallest absolute Gasteiger partial charge is 0.249 e. The molecule has 0 fully saturated rings. The summed E-state index contributed by atoms with van der Waals surface area (Å²) in [5.41, 5.74) is 2.38. The van der Waals surface area contributed by atoms with Crippen molar-refractivity contribution in [2.45, 2.75) is 38.3 Å². The third-order valence-corrected chi connectivity index (χ3v) is 3.41. The van der Waals surface area contributed by atoms with Crippen molar-refractivity contribution in [3.05, 3.63) is 17.5 Å². The molecule has 2 atom stereocenters. The number of aromatic nitrogens is 2. The fraction of sp³-hybridized carbons (Fsp3) is 0.667. The van der Waals surface area contributed by atoms with E-state index >= 15 is 0 Å². The van der Waals surface area contributed by atoms with Gasteiger partial charge in [0.2, 0.25) is 5.91 Å². The van der Waals surface area contributed by atoms with Gasteiger partial charge in [0.05, 0.1) is 12.2 Å².